The predicted octanol–water partition coefficient (Wildman–Crippen LogP) is 4.85. The molecule has 0 spiro atoms. The highest BCUT2D eigenvalue weighted by Gasteiger charge is 2.23. The first-order chi connectivity index (χ1) is 15.4. The molecule has 1 saturated carbocycles. The highest BCUT2D eigenvalue weighted by atomic mass is 16.5. The van der Waals surface area contributed by atoms with Gasteiger partial charge >= 0.3 is 5.63 Å². The molecule has 0 bridgehead atoms. The van der Waals surface area contributed by atoms with Crippen LogP contribution in [0, 0.1) is 5.92 Å². The van der Waals surface area contributed by atoms with Gasteiger partial charge in [-0.15, -0.1) is 0 Å². The molecule has 3 aromatic rings. The average Bonchev–Trinajstić information content (AvgIpc) is 3.58. The lowest BCUT2D eigenvalue weighted by molar-refractivity contribution is 0.102. The number of nitrogens with one attached hydrogen (secondary N) is 1. The first kappa shape index (κ1) is 22.1. The molecule has 6 heteroatoms. The molecule has 0 radical (unpaired) electrons. The van der Waals surface area contributed by atoms with Gasteiger partial charge in [-0.3, -0.25) is 4.79 Å². The Morgan fingerprint density at radius 2 is 1.91 bits per heavy atom. The van der Waals surface area contributed by atoms with Crippen LogP contribution in [0.5, 0.6) is 5.75 Å². The third-order valence-corrected chi connectivity index (χ3v) is 5.59. The van der Waals surface area contributed by atoms with E-state index in [-0.39, 0.29) is 5.56 Å². The van der Waals surface area contributed by atoms with Crippen molar-refractivity contribution in [3.63, 3.8) is 0 Å². The number of carbonyl (C=O) groups excluding carboxylic acids is 1. The van der Waals surface area contributed by atoms with Crippen LogP contribution in [-0.2, 0) is 13.0 Å². The summed E-state index contributed by atoms with van der Waals surface area (Å²) in [6.45, 7) is 3.59. The molecule has 1 aliphatic rings. The van der Waals surface area contributed by atoms with Crippen LogP contribution >= 0.6 is 0 Å². The molecule has 0 aliphatic heterocycles. The van der Waals surface area contributed by atoms with E-state index in [0.717, 1.165) is 41.6 Å². The van der Waals surface area contributed by atoms with E-state index < -0.39 is 11.5 Å². The maximum absolute atomic E-state index is 12.8. The fraction of sp³-hybridized carbons (Fsp3) is 0.385. The van der Waals surface area contributed by atoms with Crippen molar-refractivity contribution in [3.05, 3.63) is 69.6 Å². The minimum absolute atomic E-state index is 0.0102. The van der Waals surface area contributed by atoms with E-state index in [9.17, 15) is 9.59 Å². The fourth-order valence-corrected chi connectivity index (χ4v) is 3.75. The second-order valence-corrected chi connectivity index (χ2v) is 8.80. The number of anilines is 1. The number of amides is 1. The molecule has 1 heterocycles. The number of ether oxygens (including phenoxy) is 1. The Morgan fingerprint density at radius 1 is 1.16 bits per heavy atom. The SMILES string of the molecule is CCCc1c(OCC2CC2)ccc2cc(C(=O)Nc3ccc(CN(C)C)cc3)c(=O)oc12. The van der Waals surface area contributed by atoms with Crippen LogP contribution in [0.1, 0.15) is 47.7 Å². The van der Waals surface area contributed by atoms with Crippen LogP contribution in [0.25, 0.3) is 11.0 Å². The van der Waals surface area contributed by atoms with Crippen molar-refractivity contribution < 1.29 is 13.9 Å². The van der Waals surface area contributed by atoms with Gasteiger partial charge < -0.3 is 19.4 Å². The molecule has 1 N–H and O–H groups in total. The first-order valence-corrected chi connectivity index (χ1v) is 11.2. The summed E-state index contributed by atoms with van der Waals surface area (Å²) < 4.78 is 11.7. The molecule has 1 aliphatic carbocycles. The lowest BCUT2D eigenvalue weighted by atomic mass is 10.0. The standard InChI is InChI=1S/C26H30N2O4/c1-4-5-21-23(31-16-18-6-7-18)13-10-19-14-22(26(30)32-24(19)21)25(29)27-20-11-8-17(9-12-20)15-28(2)3/h8-14,18H,4-7,15-16H2,1-3H3,(H,27,29). The first-order valence-electron chi connectivity index (χ1n) is 11.2. The van der Waals surface area contributed by atoms with E-state index in [2.05, 4.69) is 17.1 Å². The smallest absolute Gasteiger partial charge is 0.349 e. The summed E-state index contributed by atoms with van der Waals surface area (Å²) in [5, 5.41) is 3.52. The van der Waals surface area contributed by atoms with E-state index in [1.54, 1.807) is 6.07 Å². The van der Waals surface area contributed by atoms with Crippen LogP contribution in [0.2, 0.25) is 0 Å². The third kappa shape index (κ3) is 5.19. The normalized spacial score (nSPS) is 13.5. The van der Waals surface area contributed by atoms with Crippen molar-refractivity contribution in [2.24, 2.45) is 5.92 Å². The molecule has 0 unspecified atom stereocenters. The van der Waals surface area contributed by atoms with Gasteiger partial charge in [0.15, 0.2) is 0 Å². The third-order valence-electron chi connectivity index (χ3n) is 5.59. The van der Waals surface area contributed by atoms with Crippen LogP contribution < -0.4 is 15.7 Å². The summed E-state index contributed by atoms with van der Waals surface area (Å²) in [7, 11) is 4.01. The van der Waals surface area contributed by atoms with Gasteiger partial charge in [-0.2, -0.15) is 0 Å². The molecular weight excluding hydrogens is 404 g/mol. The minimum Gasteiger partial charge on any atom is -0.493 e. The maximum Gasteiger partial charge on any atom is 0.349 e. The van der Waals surface area contributed by atoms with Crippen molar-refractivity contribution in [3.8, 4) is 5.75 Å². The van der Waals surface area contributed by atoms with Gasteiger partial charge in [0, 0.05) is 23.2 Å². The Balaban J connectivity index is 1.58. The van der Waals surface area contributed by atoms with E-state index in [4.69, 9.17) is 9.15 Å². The molecule has 6 nitrogen and oxygen atoms in total. The van der Waals surface area contributed by atoms with Crippen LogP contribution in [0.3, 0.4) is 0 Å². The molecule has 1 amide bonds. The maximum atomic E-state index is 12.8. The van der Waals surface area contributed by atoms with Crippen molar-refractivity contribution in [1.82, 2.24) is 4.90 Å². The summed E-state index contributed by atoms with van der Waals surface area (Å²) in [4.78, 5) is 27.6. The molecule has 168 valence electrons. The summed E-state index contributed by atoms with van der Waals surface area (Å²) in [6, 6.07) is 13.0. The van der Waals surface area contributed by atoms with Crippen molar-refractivity contribution >= 4 is 22.6 Å². The number of hydrogen-bond donors (Lipinski definition) is 1. The number of nitrogens with zero attached hydrogens (tertiary/aromatic N) is 1. The average molecular weight is 435 g/mol. The number of fused-ring (bicyclic) bond motifs is 1. The zero-order valence-corrected chi connectivity index (χ0v) is 18.9. The number of hydrogen-bond acceptors (Lipinski definition) is 5. The van der Waals surface area contributed by atoms with Crippen molar-refractivity contribution in [2.75, 3.05) is 26.0 Å². The molecule has 4 rings (SSSR count). The Morgan fingerprint density at radius 3 is 2.56 bits per heavy atom. The minimum atomic E-state index is -0.643. The Bertz CT molecular complexity index is 1160. The number of rotatable bonds is 9. The quantitative estimate of drug-likeness (QED) is 0.488. The van der Waals surface area contributed by atoms with Crippen LogP contribution in [-0.4, -0.2) is 31.5 Å². The topological polar surface area (TPSA) is 71.8 Å². The predicted molar refractivity (Wildman–Crippen MR) is 126 cm³/mol. The zero-order chi connectivity index (χ0) is 22.7. The molecular formula is C26H30N2O4. The number of benzene rings is 2. The van der Waals surface area contributed by atoms with Crippen LogP contribution in [0.4, 0.5) is 5.69 Å². The molecule has 32 heavy (non-hydrogen) atoms. The summed E-state index contributed by atoms with van der Waals surface area (Å²) in [5.41, 5.74) is 2.52. The zero-order valence-electron chi connectivity index (χ0n) is 18.9. The number of carbonyl (C=O) groups is 1. The van der Waals surface area contributed by atoms with E-state index >= 15 is 0 Å². The second kappa shape index (κ2) is 9.57. The second-order valence-electron chi connectivity index (χ2n) is 8.80. The van der Waals surface area contributed by atoms with Crippen molar-refractivity contribution in [1.29, 1.82) is 0 Å². The van der Waals surface area contributed by atoms with Gasteiger partial charge in [0.2, 0.25) is 0 Å². The highest BCUT2D eigenvalue weighted by Crippen LogP contribution is 2.33. The van der Waals surface area contributed by atoms with Crippen molar-refractivity contribution in [2.45, 2.75) is 39.2 Å². The summed E-state index contributed by atoms with van der Waals surface area (Å²) in [5.74, 6) is 0.923. The largest absolute Gasteiger partial charge is 0.493 e. The number of aryl methyl sites for hydroxylation is 1. The monoisotopic (exact) mass is 434 g/mol. The van der Waals surface area contributed by atoms with E-state index in [1.807, 2.05) is 50.5 Å². The van der Waals surface area contributed by atoms with Gasteiger partial charge in [-0.05, 0) is 75.2 Å². The molecule has 1 aromatic heterocycles. The van der Waals surface area contributed by atoms with Gasteiger partial charge in [-0.1, -0.05) is 25.5 Å². The molecule has 2 aromatic carbocycles. The Labute approximate surface area is 188 Å². The van der Waals surface area contributed by atoms with Gasteiger partial charge in [0.05, 0.1) is 6.61 Å². The van der Waals surface area contributed by atoms with Crippen LogP contribution in [0.15, 0.2) is 51.7 Å². The van der Waals surface area contributed by atoms with E-state index in [0.29, 0.717) is 23.8 Å². The molecule has 1 fully saturated rings. The van der Waals surface area contributed by atoms with Gasteiger partial charge in [-0.25, -0.2) is 4.79 Å². The molecule has 0 saturated heterocycles. The van der Waals surface area contributed by atoms with E-state index in [1.165, 1.54) is 12.8 Å². The lowest BCUT2D eigenvalue weighted by Gasteiger charge is -2.13. The summed E-state index contributed by atoms with van der Waals surface area (Å²) in [6.07, 6.45) is 4.06. The Hall–Kier alpha value is -3.12. The lowest BCUT2D eigenvalue weighted by Crippen LogP contribution is -2.21. The van der Waals surface area contributed by atoms with Gasteiger partial charge in [0.1, 0.15) is 16.9 Å². The highest BCUT2D eigenvalue weighted by molar-refractivity contribution is 6.05. The molecule has 0 atom stereocenters. The summed E-state index contributed by atoms with van der Waals surface area (Å²) >= 11 is 0. The van der Waals surface area contributed by atoms with Gasteiger partial charge in [0.25, 0.3) is 5.91 Å². The Kier molecular flexibility index (Phi) is 6.61. The fourth-order valence-electron chi connectivity index (χ4n) is 3.75.